The van der Waals surface area contributed by atoms with Gasteiger partial charge < -0.3 is 24.8 Å². The van der Waals surface area contributed by atoms with E-state index in [-0.39, 0.29) is 24.2 Å². The third-order valence-electron chi connectivity index (χ3n) is 5.46. The van der Waals surface area contributed by atoms with Crippen LogP contribution in [0.4, 0.5) is 0 Å². The number of aliphatic hydroxyl groups is 1. The molecule has 1 saturated heterocycles. The first-order valence-electron chi connectivity index (χ1n) is 9.23. The van der Waals surface area contributed by atoms with E-state index in [1.807, 2.05) is 18.2 Å². The van der Waals surface area contributed by atoms with Crippen molar-refractivity contribution in [3.8, 4) is 11.5 Å². The van der Waals surface area contributed by atoms with E-state index < -0.39 is 0 Å². The van der Waals surface area contributed by atoms with E-state index in [4.69, 9.17) is 19.6 Å². The lowest BCUT2D eigenvalue weighted by Gasteiger charge is -2.62. The first-order valence-corrected chi connectivity index (χ1v) is 9.23. The van der Waals surface area contributed by atoms with E-state index in [1.165, 1.54) is 0 Å². The summed E-state index contributed by atoms with van der Waals surface area (Å²) in [6, 6.07) is 5.78. The molecule has 1 aromatic rings. The highest BCUT2D eigenvalue weighted by Crippen LogP contribution is 2.46. The minimum Gasteiger partial charge on any atom is -0.493 e. The molecule has 0 radical (unpaired) electrons. The number of rotatable bonds is 7. The second kappa shape index (κ2) is 8.16. The van der Waals surface area contributed by atoms with Crippen LogP contribution in [-0.4, -0.2) is 54.9 Å². The van der Waals surface area contributed by atoms with Gasteiger partial charge in [-0.3, -0.25) is 0 Å². The van der Waals surface area contributed by atoms with Gasteiger partial charge in [-0.15, -0.1) is 0 Å². The lowest BCUT2D eigenvalue weighted by molar-refractivity contribution is -0.0667. The summed E-state index contributed by atoms with van der Waals surface area (Å²) in [5.74, 6) is 2.23. The maximum atomic E-state index is 8.91. The molecule has 0 saturated carbocycles. The number of nitrogens with one attached hydrogen (secondary N) is 1. The largest absolute Gasteiger partial charge is 0.493 e. The maximum Gasteiger partial charge on any atom is 0.194 e. The fraction of sp³-hybridized carbons (Fsp3) is 0.650. The van der Waals surface area contributed by atoms with Crippen molar-refractivity contribution in [3.05, 3.63) is 23.8 Å². The third kappa shape index (κ3) is 4.06. The Hall–Kier alpha value is -1.95. The number of hydrogen-bond donors (Lipinski definition) is 2. The number of methoxy groups -OCH3 is 1. The lowest BCUT2D eigenvalue weighted by Crippen LogP contribution is -2.72. The molecule has 0 amide bonds. The fourth-order valence-electron chi connectivity index (χ4n) is 3.05. The van der Waals surface area contributed by atoms with Crippen LogP contribution in [0.25, 0.3) is 0 Å². The van der Waals surface area contributed by atoms with Gasteiger partial charge >= 0.3 is 0 Å². The van der Waals surface area contributed by atoms with Crippen molar-refractivity contribution in [2.45, 2.75) is 46.7 Å². The summed E-state index contributed by atoms with van der Waals surface area (Å²) in [5, 5.41) is 12.3. The Balaban J connectivity index is 2.15. The summed E-state index contributed by atoms with van der Waals surface area (Å²) >= 11 is 0. The Bertz CT molecular complexity index is 641. The SMILES string of the molecule is CCNC(=NCc1ccc(OCCO)c(OC)c1)N1CC(C)(C)C1(C)C. The Kier molecular flexibility index (Phi) is 6.39. The van der Waals surface area contributed by atoms with Crippen LogP contribution in [0, 0.1) is 5.41 Å². The number of guanidine groups is 1. The summed E-state index contributed by atoms with van der Waals surface area (Å²) in [6.45, 7) is 13.8. The second-order valence-electron chi connectivity index (χ2n) is 7.76. The molecule has 0 spiro atoms. The van der Waals surface area contributed by atoms with Crippen LogP contribution >= 0.6 is 0 Å². The van der Waals surface area contributed by atoms with Gasteiger partial charge in [0, 0.05) is 24.0 Å². The van der Waals surface area contributed by atoms with Crippen LogP contribution in [0.5, 0.6) is 11.5 Å². The van der Waals surface area contributed by atoms with E-state index in [1.54, 1.807) is 7.11 Å². The van der Waals surface area contributed by atoms with Gasteiger partial charge in [-0.25, -0.2) is 4.99 Å². The summed E-state index contributed by atoms with van der Waals surface area (Å²) < 4.78 is 10.9. The van der Waals surface area contributed by atoms with Gasteiger partial charge in [0.25, 0.3) is 0 Å². The summed E-state index contributed by atoms with van der Waals surface area (Å²) in [7, 11) is 1.61. The minimum atomic E-state index is -0.0246. The summed E-state index contributed by atoms with van der Waals surface area (Å²) in [5.41, 5.74) is 1.37. The summed E-state index contributed by atoms with van der Waals surface area (Å²) in [4.78, 5) is 7.17. The molecule has 1 fully saturated rings. The quantitative estimate of drug-likeness (QED) is 0.576. The van der Waals surface area contributed by atoms with Gasteiger partial charge in [-0.05, 0) is 38.5 Å². The molecule has 1 aliphatic heterocycles. The Morgan fingerprint density at radius 3 is 2.54 bits per heavy atom. The topological polar surface area (TPSA) is 66.3 Å². The zero-order valence-electron chi connectivity index (χ0n) is 16.9. The van der Waals surface area contributed by atoms with Crippen molar-refractivity contribution >= 4 is 5.96 Å². The smallest absolute Gasteiger partial charge is 0.194 e. The molecule has 0 aromatic heterocycles. The molecule has 146 valence electrons. The summed E-state index contributed by atoms with van der Waals surface area (Å²) in [6.07, 6.45) is 0. The van der Waals surface area contributed by atoms with E-state index in [2.05, 4.69) is 44.8 Å². The predicted octanol–water partition coefficient (Wildman–Crippen LogP) is 2.65. The molecule has 1 aromatic carbocycles. The van der Waals surface area contributed by atoms with Crippen LogP contribution in [0.3, 0.4) is 0 Å². The molecule has 26 heavy (non-hydrogen) atoms. The number of hydrogen-bond acceptors (Lipinski definition) is 4. The number of aliphatic imine (C=N–C) groups is 1. The highest BCUT2D eigenvalue weighted by Gasteiger charge is 2.53. The molecule has 0 aliphatic carbocycles. The molecule has 6 heteroatoms. The van der Waals surface area contributed by atoms with Crippen LogP contribution in [-0.2, 0) is 6.54 Å². The number of aliphatic hydroxyl groups excluding tert-OH is 1. The molecule has 1 aliphatic rings. The van der Waals surface area contributed by atoms with E-state index in [9.17, 15) is 0 Å². The normalized spacial score (nSPS) is 18.3. The van der Waals surface area contributed by atoms with Crippen LogP contribution in [0.1, 0.15) is 40.2 Å². The van der Waals surface area contributed by atoms with Crippen LogP contribution < -0.4 is 14.8 Å². The molecule has 0 atom stereocenters. The van der Waals surface area contributed by atoms with Gasteiger partial charge in [-0.1, -0.05) is 19.9 Å². The van der Waals surface area contributed by atoms with Crippen molar-refractivity contribution in [1.29, 1.82) is 0 Å². The zero-order chi connectivity index (χ0) is 19.4. The number of ether oxygens (including phenoxy) is 2. The average Bonchev–Trinajstić information content (AvgIpc) is 2.62. The molecule has 0 unspecified atom stereocenters. The maximum absolute atomic E-state index is 8.91. The van der Waals surface area contributed by atoms with Crippen molar-refractivity contribution in [3.63, 3.8) is 0 Å². The first kappa shape index (κ1) is 20.4. The van der Waals surface area contributed by atoms with E-state index in [0.29, 0.717) is 18.0 Å². The van der Waals surface area contributed by atoms with Gasteiger partial charge in [0.2, 0.25) is 0 Å². The Labute approximate surface area is 157 Å². The molecule has 2 N–H and O–H groups in total. The number of nitrogens with zero attached hydrogens (tertiary/aromatic N) is 2. The first-order chi connectivity index (χ1) is 12.3. The fourth-order valence-corrected chi connectivity index (χ4v) is 3.05. The Morgan fingerprint density at radius 1 is 1.27 bits per heavy atom. The third-order valence-corrected chi connectivity index (χ3v) is 5.46. The zero-order valence-corrected chi connectivity index (χ0v) is 16.9. The van der Waals surface area contributed by atoms with E-state index >= 15 is 0 Å². The second-order valence-corrected chi connectivity index (χ2v) is 7.76. The van der Waals surface area contributed by atoms with Crippen molar-refractivity contribution in [2.75, 3.05) is 33.4 Å². The van der Waals surface area contributed by atoms with Gasteiger partial charge in [0.05, 0.1) is 20.3 Å². The molecular weight excluding hydrogens is 330 g/mol. The molecule has 2 rings (SSSR count). The Morgan fingerprint density at radius 2 is 2.00 bits per heavy atom. The van der Waals surface area contributed by atoms with Gasteiger partial charge in [0.1, 0.15) is 6.61 Å². The number of likely N-dealkylation sites (tertiary alicyclic amines) is 1. The minimum absolute atomic E-state index is 0.0246. The van der Waals surface area contributed by atoms with E-state index in [0.717, 1.165) is 24.6 Å². The van der Waals surface area contributed by atoms with Crippen molar-refractivity contribution in [1.82, 2.24) is 10.2 Å². The monoisotopic (exact) mass is 363 g/mol. The van der Waals surface area contributed by atoms with Crippen molar-refractivity contribution in [2.24, 2.45) is 10.4 Å². The lowest BCUT2D eigenvalue weighted by atomic mass is 9.65. The van der Waals surface area contributed by atoms with Crippen LogP contribution in [0.2, 0.25) is 0 Å². The van der Waals surface area contributed by atoms with Crippen molar-refractivity contribution < 1.29 is 14.6 Å². The predicted molar refractivity (Wildman–Crippen MR) is 105 cm³/mol. The highest BCUT2D eigenvalue weighted by molar-refractivity contribution is 5.82. The molecule has 0 bridgehead atoms. The van der Waals surface area contributed by atoms with Crippen LogP contribution in [0.15, 0.2) is 23.2 Å². The molecule has 6 nitrogen and oxygen atoms in total. The van der Waals surface area contributed by atoms with Gasteiger partial charge in [0.15, 0.2) is 17.5 Å². The average molecular weight is 364 g/mol. The molecule has 1 heterocycles. The number of benzene rings is 1. The molecular formula is C20H33N3O3. The van der Waals surface area contributed by atoms with Gasteiger partial charge in [-0.2, -0.15) is 0 Å². The standard InChI is InChI=1S/C20H33N3O3/c1-7-21-18(23-14-19(2,3)20(23,4)5)22-13-15-8-9-16(26-11-10-24)17(12-15)25-6/h8-9,12,24H,7,10-11,13-14H2,1-6H3,(H,21,22). The highest BCUT2D eigenvalue weighted by atomic mass is 16.5.